The minimum atomic E-state index is -4.37. The number of hydrogen-bond acceptors (Lipinski definition) is 4. The van der Waals surface area contributed by atoms with E-state index >= 15 is 0 Å². The lowest BCUT2D eigenvalue weighted by atomic mass is 9.99. The lowest BCUT2D eigenvalue weighted by Crippen LogP contribution is -2.25. The van der Waals surface area contributed by atoms with Gasteiger partial charge in [-0.3, -0.25) is 9.59 Å². The number of carboxylic acids is 1. The lowest BCUT2D eigenvalue weighted by Gasteiger charge is -2.18. The number of benzene rings is 2. The molecule has 0 saturated heterocycles. The van der Waals surface area contributed by atoms with Gasteiger partial charge in [-0.1, -0.05) is 25.1 Å². The number of nitrogens with one attached hydrogen (secondary N) is 1. The number of halogens is 3. The van der Waals surface area contributed by atoms with Crippen molar-refractivity contribution in [2.24, 2.45) is 0 Å². The molecule has 0 saturated carbocycles. The number of thiophene rings is 1. The molecule has 3 rings (SSSR count). The van der Waals surface area contributed by atoms with Crippen molar-refractivity contribution in [2.45, 2.75) is 39.0 Å². The van der Waals surface area contributed by atoms with Gasteiger partial charge in [0.25, 0.3) is 5.91 Å². The van der Waals surface area contributed by atoms with Crippen molar-refractivity contribution in [1.82, 2.24) is 5.32 Å². The number of alkyl halides is 3. The molecule has 1 aromatic heterocycles. The molecule has 0 bridgehead atoms. The molecule has 0 aliphatic rings. The van der Waals surface area contributed by atoms with Crippen molar-refractivity contribution < 1.29 is 32.6 Å². The Morgan fingerprint density at radius 3 is 2.38 bits per heavy atom. The number of aliphatic carboxylic acids is 1. The molecule has 5 nitrogen and oxygen atoms in total. The van der Waals surface area contributed by atoms with Crippen LogP contribution in [-0.2, 0) is 11.0 Å². The molecule has 9 heteroatoms. The highest BCUT2D eigenvalue weighted by atomic mass is 32.1. The summed E-state index contributed by atoms with van der Waals surface area (Å²) in [4.78, 5) is 24.1. The van der Waals surface area contributed by atoms with Crippen molar-refractivity contribution in [3.8, 4) is 16.9 Å². The van der Waals surface area contributed by atoms with E-state index in [0.717, 1.165) is 28.1 Å². The second-order valence-electron chi connectivity index (χ2n) is 7.67. The predicted molar refractivity (Wildman–Crippen MR) is 124 cm³/mol. The van der Waals surface area contributed by atoms with Crippen LogP contribution in [-0.4, -0.2) is 23.5 Å². The van der Waals surface area contributed by atoms with Gasteiger partial charge in [0.1, 0.15) is 11.9 Å². The number of hydrogen-bond donors (Lipinski definition) is 2. The molecule has 3 aromatic rings. The van der Waals surface area contributed by atoms with E-state index in [4.69, 9.17) is 9.84 Å². The van der Waals surface area contributed by atoms with Crippen LogP contribution in [0, 0.1) is 6.92 Å². The second-order valence-corrected chi connectivity index (χ2v) is 8.78. The van der Waals surface area contributed by atoms with Crippen LogP contribution < -0.4 is 10.1 Å². The highest BCUT2D eigenvalue weighted by Gasteiger charge is 2.30. The Bertz CT molecular complexity index is 1160. The van der Waals surface area contributed by atoms with Gasteiger partial charge in [-0.15, -0.1) is 11.3 Å². The van der Waals surface area contributed by atoms with Gasteiger partial charge in [-0.05, 0) is 66.4 Å². The molecule has 0 radical (unpaired) electrons. The fraction of sp³-hybridized carbons (Fsp3) is 0.280. The zero-order valence-corrected chi connectivity index (χ0v) is 19.4. The van der Waals surface area contributed by atoms with Crippen LogP contribution in [0.3, 0.4) is 0 Å². The normalized spacial score (nSPS) is 12.3. The third kappa shape index (κ3) is 6.38. The topological polar surface area (TPSA) is 75.6 Å². The fourth-order valence-corrected chi connectivity index (χ4v) is 4.43. The molecule has 1 heterocycles. The van der Waals surface area contributed by atoms with E-state index in [1.165, 1.54) is 23.5 Å². The zero-order chi connectivity index (χ0) is 24.9. The molecule has 0 fully saturated rings. The Labute approximate surface area is 199 Å². The Morgan fingerprint density at radius 2 is 1.79 bits per heavy atom. The summed E-state index contributed by atoms with van der Waals surface area (Å²) < 4.78 is 44.6. The summed E-state index contributed by atoms with van der Waals surface area (Å²) >= 11 is 1.28. The van der Waals surface area contributed by atoms with E-state index in [1.54, 1.807) is 12.1 Å². The van der Waals surface area contributed by atoms with Gasteiger partial charge in [0.05, 0.1) is 16.9 Å². The molecule has 1 atom stereocenters. The van der Waals surface area contributed by atoms with Crippen molar-refractivity contribution in [3.05, 3.63) is 75.5 Å². The summed E-state index contributed by atoms with van der Waals surface area (Å²) in [6, 6.07) is 14.0. The summed E-state index contributed by atoms with van der Waals surface area (Å²) in [5, 5.41) is 11.3. The first-order chi connectivity index (χ1) is 16.1. The number of ether oxygens (including phenoxy) is 1. The van der Waals surface area contributed by atoms with Crippen molar-refractivity contribution >= 4 is 23.2 Å². The molecule has 0 aliphatic carbocycles. The van der Waals surface area contributed by atoms with Crippen LogP contribution in [0.4, 0.5) is 13.2 Å². The molecule has 0 aliphatic heterocycles. The number of carbonyl (C=O) groups excluding carboxylic acids is 1. The Balaban J connectivity index is 1.70. The van der Waals surface area contributed by atoms with Gasteiger partial charge in [-0.2, -0.15) is 13.2 Å². The number of amides is 1. The second kappa shape index (κ2) is 10.7. The zero-order valence-electron chi connectivity index (χ0n) is 18.6. The van der Waals surface area contributed by atoms with E-state index < -0.39 is 17.7 Å². The molecule has 2 N–H and O–H groups in total. The number of rotatable bonds is 9. The molecule has 180 valence electrons. The first-order valence-electron chi connectivity index (χ1n) is 10.6. The average molecular weight is 492 g/mol. The van der Waals surface area contributed by atoms with Crippen LogP contribution >= 0.6 is 11.3 Å². The minimum absolute atomic E-state index is 0.0552. The summed E-state index contributed by atoms with van der Waals surface area (Å²) in [6.07, 6.45) is -4.16. The first-order valence-corrected chi connectivity index (χ1v) is 11.4. The SMILES string of the molecule is CCC(Oc1ccc(-c2ccc(C(F)(F)F)cc2)c(C)c1)c1ccc(C(=O)NCCC(=O)O)s1. The van der Waals surface area contributed by atoms with Gasteiger partial charge in [0.15, 0.2) is 0 Å². The average Bonchev–Trinajstić information content (AvgIpc) is 3.27. The molecular weight excluding hydrogens is 467 g/mol. The van der Waals surface area contributed by atoms with Crippen molar-refractivity contribution in [1.29, 1.82) is 0 Å². The van der Waals surface area contributed by atoms with Crippen LogP contribution in [0.1, 0.15) is 51.5 Å². The standard InChI is InChI=1S/C25H24F3NO4S/c1-3-20(21-10-11-22(34-21)24(32)29-13-12-23(30)31)33-18-8-9-19(15(2)14-18)16-4-6-17(7-5-16)25(26,27)28/h4-11,14,20H,3,12-13H2,1-2H3,(H,29,32)(H,30,31). The van der Waals surface area contributed by atoms with Crippen molar-refractivity contribution in [2.75, 3.05) is 6.54 Å². The maximum atomic E-state index is 12.8. The van der Waals surface area contributed by atoms with Gasteiger partial charge < -0.3 is 15.2 Å². The first kappa shape index (κ1) is 25.3. The van der Waals surface area contributed by atoms with Crippen LogP contribution in [0.2, 0.25) is 0 Å². The van der Waals surface area contributed by atoms with Crippen LogP contribution in [0.5, 0.6) is 5.75 Å². The highest BCUT2D eigenvalue weighted by Crippen LogP contribution is 2.34. The van der Waals surface area contributed by atoms with Crippen LogP contribution in [0.25, 0.3) is 11.1 Å². The van der Waals surface area contributed by atoms with Gasteiger partial charge in [0.2, 0.25) is 0 Å². The van der Waals surface area contributed by atoms with Crippen molar-refractivity contribution in [3.63, 3.8) is 0 Å². The smallest absolute Gasteiger partial charge is 0.416 e. The maximum Gasteiger partial charge on any atom is 0.416 e. The van der Waals surface area contributed by atoms with E-state index in [0.29, 0.717) is 22.6 Å². The van der Waals surface area contributed by atoms with E-state index in [2.05, 4.69) is 5.32 Å². The third-order valence-electron chi connectivity index (χ3n) is 5.16. The van der Waals surface area contributed by atoms with Gasteiger partial charge >= 0.3 is 12.1 Å². The molecule has 1 unspecified atom stereocenters. The number of carbonyl (C=O) groups is 2. The fourth-order valence-electron chi connectivity index (χ4n) is 3.40. The number of aryl methyl sites for hydroxylation is 1. The number of carboxylic acid groups (broad SMARTS) is 1. The summed E-state index contributed by atoms with van der Waals surface area (Å²) in [7, 11) is 0. The van der Waals surface area contributed by atoms with Gasteiger partial charge in [0, 0.05) is 11.4 Å². The highest BCUT2D eigenvalue weighted by molar-refractivity contribution is 7.14. The monoisotopic (exact) mass is 491 g/mol. The lowest BCUT2D eigenvalue weighted by molar-refractivity contribution is -0.138. The summed E-state index contributed by atoms with van der Waals surface area (Å²) in [5.41, 5.74) is 1.66. The molecule has 34 heavy (non-hydrogen) atoms. The summed E-state index contributed by atoms with van der Waals surface area (Å²) in [5.74, 6) is -0.698. The molecule has 2 aromatic carbocycles. The minimum Gasteiger partial charge on any atom is -0.485 e. The Kier molecular flexibility index (Phi) is 7.98. The predicted octanol–water partition coefficient (Wildman–Crippen LogP) is 6.48. The molecule has 0 spiro atoms. The van der Waals surface area contributed by atoms with Crippen LogP contribution in [0.15, 0.2) is 54.6 Å². The summed E-state index contributed by atoms with van der Waals surface area (Å²) in [6.45, 7) is 3.88. The van der Waals surface area contributed by atoms with Gasteiger partial charge in [-0.25, -0.2) is 0 Å². The van der Waals surface area contributed by atoms with E-state index in [9.17, 15) is 22.8 Å². The molecular formula is C25H24F3NO4S. The van der Waals surface area contributed by atoms with E-state index in [-0.39, 0.29) is 25.0 Å². The largest absolute Gasteiger partial charge is 0.485 e. The third-order valence-corrected chi connectivity index (χ3v) is 6.34. The quantitative estimate of drug-likeness (QED) is 0.359. The Morgan fingerprint density at radius 1 is 1.09 bits per heavy atom. The molecule has 1 amide bonds. The maximum absolute atomic E-state index is 12.8. The van der Waals surface area contributed by atoms with E-state index in [1.807, 2.05) is 32.0 Å². The Hall–Kier alpha value is -3.33.